The Morgan fingerprint density at radius 3 is 2.81 bits per heavy atom. The molecule has 118 valence electrons. The van der Waals surface area contributed by atoms with Gasteiger partial charge in [0.15, 0.2) is 0 Å². The fourth-order valence-corrected chi connectivity index (χ4v) is 3.27. The van der Waals surface area contributed by atoms with Gasteiger partial charge in [0.05, 0.1) is 6.10 Å². The summed E-state index contributed by atoms with van der Waals surface area (Å²) in [5.41, 5.74) is 0.376. The van der Waals surface area contributed by atoms with Crippen LogP contribution >= 0.6 is 0 Å². The van der Waals surface area contributed by atoms with Crippen molar-refractivity contribution in [3.8, 4) is 0 Å². The zero-order valence-corrected chi connectivity index (χ0v) is 12.7. The first-order valence-electron chi connectivity index (χ1n) is 7.91. The molecule has 3 unspecified atom stereocenters. The lowest BCUT2D eigenvalue weighted by atomic mass is 9.93. The van der Waals surface area contributed by atoms with Crippen molar-refractivity contribution in [1.82, 2.24) is 4.90 Å². The summed E-state index contributed by atoms with van der Waals surface area (Å²) in [6, 6.07) is 6.82. The minimum atomic E-state index is -0.789. The average Bonchev–Trinajstić information content (AvgIpc) is 2.49. The summed E-state index contributed by atoms with van der Waals surface area (Å²) in [6.45, 7) is 3.90. The van der Waals surface area contributed by atoms with E-state index in [-0.39, 0.29) is 18.3 Å². The largest absolute Gasteiger partial charge is 0.396 e. The Hall–Kier alpha value is -0.970. The summed E-state index contributed by atoms with van der Waals surface area (Å²) in [7, 11) is 0. The predicted octanol–water partition coefficient (Wildman–Crippen LogP) is 2.73. The number of piperidine rings is 1. The summed E-state index contributed by atoms with van der Waals surface area (Å²) >= 11 is 0. The Balaban J connectivity index is 1.99. The molecule has 21 heavy (non-hydrogen) atoms. The molecule has 2 rings (SSSR count). The fourth-order valence-electron chi connectivity index (χ4n) is 3.27. The van der Waals surface area contributed by atoms with Crippen LogP contribution in [0, 0.1) is 11.7 Å². The van der Waals surface area contributed by atoms with Crippen molar-refractivity contribution in [2.45, 2.75) is 44.8 Å². The van der Waals surface area contributed by atoms with Crippen molar-refractivity contribution in [3.05, 3.63) is 35.6 Å². The summed E-state index contributed by atoms with van der Waals surface area (Å²) in [5.74, 6) is -0.386. The van der Waals surface area contributed by atoms with E-state index in [9.17, 15) is 9.50 Å². The minimum Gasteiger partial charge on any atom is -0.396 e. The van der Waals surface area contributed by atoms with E-state index in [0.29, 0.717) is 11.6 Å². The smallest absolute Gasteiger partial charge is 0.129 e. The summed E-state index contributed by atoms with van der Waals surface area (Å²) < 4.78 is 13.8. The molecule has 0 amide bonds. The highest BCUT2D eigenvalue weighted by Crippen LogP contribution is 2.27. The summed E-state index contributed by atoms with van der Waals surface area (Å²) in [6.07, 6.45) is 3.45. The molecule has 1 aliphatic rings. The van der Waals surface area contributed by atoms with Crippen LogP contribution in [-0.4, -0.2) is 40.9 Å². The van der Waals surface area contributed by atoms with Gasteiger partial charge in [-0.15, -0.1) is 0 Å². The van der Waals surface area contributed by atoms with Crippen LogP contribution in [0.3, 0.4) is 0 Å². The molecule has 1 aromatic carbocycles. The summed E-state index contributed by atoms with van der Waals surface area (Å²) in [5, 5.41) is 19.6. The topological polar surface area (TPSA) is 43.7 Å². The molecule has 1 fully saturated rings. The SMILES string of the molecule is CC(CN1CCCCC1CCO)C(O)c1ccccc1F. The van der Waals surface area contributed by atoms with Crippen molar-refractivity contribution < 1.29 is 14.6 Å². The van der Waals surface area contributed by atoms with Gasteiger partial charge in [-0.05, 0) is 37.8 Å². The standard InChI is InChI=1S/C17H26FNO2/c1-13(17(21)15-7-2-3-8-16(15)18)12-19-10-5-4-6-14(19)9-11-20/h2-3,7-8,13-14,17,20-21H,4-6,9-12H2,1H3. The number of rotatable bonds is 6. The van der Waals surface area contributed by atoms with Crippen molar-refractivity contribution in [1.29, 1.82) is 0 Å². The number of hydrogen-bond donors (Lipinski definition) is 2. The van der Waals surface area contributed by atoms with Crippen LogP contribution in [0.15, 0.2) is 24.3 Å². The first-order chi connectivity index (χ1) is 10.1. The third kappa shape index (κ3) is 4.25. The highest BCUT2D eigenvalue weighted by molar-refractivity contribution is 5.20. The van der Waals surface area contributed by atoms with Gasteiger partial charge in [0.2, 0.25) is 0 Å². The molecular formula is C17H26FNO2. The molecule has 1 aliphatic heterocycles. The lowest BCUT2D eigenvalue weighted by Gasteiger charge is -2.38. The van der Waals surface area contributed by atoms with Crippen molar-refractivity contribution >= 4 is 0 Å². The Morgan fingerprint density at radius 1 is 1.33 bits per heavy atom. The van der Waals surface area contributed by atoms with Crippen LogP contribution in [0.5, 0.6) is 0 Å². The normalized spacial score (nSPS) is 23.0. The molecule has 1 aromatic rings. The highest BCUT2D eigenvalue weighted by Gasteiger charge is 2.27. The fraction of sp³-hybridized carbons (Fsp3) is 0.647. The molecule has 3 nitrogen and oxygen atoms in total. The Kier molecular flexibility index (Phi) is 6.15. The van der Waals surface area contributed by atoms with Gasteiger partial charge in [0.1, 0.15) is 5.82 Å². The molecule has 0 spiro atoms. The van der Waals surface area contributed by atoms with Crippen LogP contribution in [0.25, 0.3) is 0 Å². The second kappa shape index (κ2) is 7.87. The molecule has 2 N–H and O–H groups in total. The van der Waals surface area contributed by atoms with Gasteiger partial charge in [0.25, 0.3) is 0 Å². The van der Waals surface area contributed by atoms with E-state index in [1.807, 2.05) is 6.92 Å². The number of aliphatic hydroxyl groups is 2. The number of likely N-dealkylation sites (tertiary alicyclic amines) is 1. The Labute approximate surface area is 126 Å². The molecule has 0 radical (unpaired) electrons. The first-order valence-corrected chi connectivity index (χ1v) is 7.91. The summed E-state index contributed by atoms with van der Waals surface area (Å²) in [4.78, 5) is 2.34. The second-order valence-electron chi connectivity index (χ2n) is 6.10. The lowest BCUT2D eigenvalue weighted by molar-refractivity contribution is 0.0506. The second-order valence-corrected chi connectivity index (χ2v) is 6.10. The van der Waals surface area contributed by atoms with E-state index in [1.165, 1.54) is 12.5 Å². The zero-order chi connectivity index (χ0) is 15.2. The predicted molar refractivity (Wildman–Crippen MR) is 81.4 cm³/mol. The monoisotopic (exact) mass is 295 g/mol. The van der Waals surface area contributed by atoms with Crippen LogP contribution in [0.1, 0.15) is 44.3 Å². The molecule has 0 aliphatic carbocycles. The molecule has 0 saturated carbocycles. The molecule has 0 bridgehead atoms. The van der Waals surface area contributed by atoms with Gasteiger partial charge in [-0.3, -0.25) is 4.90 Å². The Morgan fingerprint density at radius 2 is 2.10 bits per heavy atom. The molecule has 4 heteroatoms. The van der Waals surface area contributed by atoms with Crippen molar-refractivity contribution in [3.63, 3.8) is 0 Å². The number of halogens is 1. The number of aliphatic hydroxyl groups excluding tert-OH is 2. The Bertz CT molecular complexity index is 439. The minimum absolute atomic E-state index is 0.0406. The number of hydrogen-bond acceptors (Lipinski definition) is 3. The molecular weight excluding hydrogens is 269 g/mol. The number of nitrogens with zero attached hydrogens (tertiary/aromatic N) is 1. The first kappa shape index (κ1) is 16.4. The number of benzene rings is 1. The van der Waals surface area contributed by atoms with E-state index in [0.717, 1.165) is 32.4 Å². The molecule has 1 saturated heterocycles. The van der Waals surface area contributed by atoms with Gasteiger partial charge in [0, 0.05) is 24.8 Å². The zero-order valence-electron chi connectivity index (χ0n) is 12.7. The van der Waals surface area contributed by atoms with E-state index < -0.39 is 6.10 Å². The quantitative estimate of drug-likeness (QED) is 0.848. The van der Waals surface area contributed by atoms with E-state index in [2.05, 4.69) is 4.90 Å². The van der Waals surface area contributed by atoms with E-state index in [1.54, 1.807) is 18.2 Å². The molecule has 0 aromatic heterocycles. The van der Waals surface area contributed by atoms with Crippen LogP contribution in [0.4, 0.5) is 4.39 Å². The van der Waals surface area contributed by atoms with Crippen molar-refractivity contribution in [2.75, 3.05) is 19.7 Å². The highest BCUT2D eigenvalue weighted by atomic mass is 19.1. The van der Waals surface area contributed by atoms with E-state index >= 15 is 0 Å². The van der Waals surface area contributed by atoms with Gasteiger partial charge < -0.3 is 10.2 Å². The van der Waals surface area contributed by atoms with Crippen molar-refractivity contribution in [2.24, 2.45) is 5.92 Å². The van der Waals surface area contributed by atoms with E-state index in [4.69, 9.17) is 5.11 Å². The third-order valence-corrected chi connectivity index (χ3v) is 4.50. The maximum atomic E-state index is 13.8. The lowest BCUT2D eigenvalue weighted by Crippen LogP contribution is -2.43. The molecule has 1 heterocycles. The van der Waals surface area contributed by atoms with Crippen LogP contribution in [0.2, 0.25) is 0 Å². The van der Waals surface area contributed by atoms with Crippen LogP contribution in [-0.2, 0) is 0 Å². The maximum Gasteiger partial charge on any atom is 0.129 e. The maximum absolute atomic E-state index is 13.8. The molecule has 3 atom stereocenters. The van der Waals surface area contributed by atoms with Crippen LogP contribution < -0.4 is 0 Å². The van der Waals surface area contributed by atoms with Gasteiger partial charge >= 0.3 is 0 Å². The average molecular weight is 295 g/mol. The van der Waals surface area contributed by atoms with Gasteiger partial charge in [-0.25, -0.2) is 4.39 Å². The van der Waals surface area contributed by atoms with Gasteiger partial charge in [-0.2, -0.15) is 0 Å². The van der Waals surface area contributed by atoms with Gasteiger partial charge in [-0.1, -0.05) is 31.5 Å². The third-order valence-electron chi connectivity index (χ3n) is 4.50.